The highest BCUT2D eigenvalue weighted by atomic mass is 16.5. The van der Waals surface area contributed by atoms with Crippen molar-refractivity contribution in [3.8, 4) is 5.88 Å². The molecule has 1 aromatic heterocycles. The highest BCUT2D eigenvalue weighted by molar-refractivity contribution is 5.23. The molecule has 0 saturated carbocycles. The van der Waals surface area contributed by atoms with E-state index in [2.05, 4.69) is 46.7 Å². The first kappa shape index (κ1) is 13.6. The van der Waals surface area contributed by atoms with Crippen LogP contribution >= 0.6 is 0 Å². The number of hydrogen-bond donors (Lipinski definition) is 2. The molecular formula is C15H21N3O. The molecule has 0 saturated heterocycles. The average molecular weight is 259 g/mol. The summed E-state index contributed by atoms with van der Waals surface area (Å²) in [7, 11) is 0. The molecule has 1 heterocycles. The van der Waals surface area contributed by atoms with Crippen LogP contribution in [0.15, 0.2) is 30.3 Å². The minimum Gasteiger partial charge on any atom is -0.472 e. The van der Waals surface area contributed by atoms with Gasteiger partial charge in [0.2, 0.25) is 5.88 Å². The fourth-order valence-corrected chi connectivity index (χ4v) is 1.86. The van der Waals surface area contributed by atoms with Gasteiger partial charge in [0.25, 0.3) is 0 Å². The van der Waals surface area contributed by atoms with Crippen LogP contribution in [0.1, 0.15) is 30.2 Å². The summed E-state index contributed by atoms with van der Waals surface area (Å²) < 4.78 is 5.63. The zero-order chi connectivity index (χ0) is 13.5. The SMILES string of the molecule is CCCNCc1cccc(COc2cc(C)[nH]n2)c1. The summed E-state index contributed by atoms with van der Waals surface area (Å²) in [5.41, 5.74) is 3.46. The van der Waals surface area contributed by atoms with Crippen molar-refractivity contribution in [2.24, 2.45) is 0 Å². The quantitative estimate of drug-likeness (QED) is 0.752. The molecule has 0 aliphatic heterocycles. The molecule has 0 fully saturated rings. The Morgan fingerprint density at radius 2 is 2.11 bits per heavy atom. The molecule has 1 aromatic carbocycles. The van der Waals surface area contributed by atoms with Gasteiger partial charge in [-0.25, -0.2) is 0 Å². The zero-order valence-electron chi connectivity index (χ0n) is 11.6. The molecule has 2 N–H and O–H groups in total. The van der Waals surface area contributed by atoms with Gasteiger partial charge in [-0.05, 0) is 31.0 Å². The van der Waals surface area contributed by atoms with E-state index in [1.165, 1.54) is 5.56 Å². The molecule has 2 rings (SSSR count). The largest absolute Gasteiger partial charge is 0.472 e. The molecule has 0 aliphatic rings. The molecular weight excluding hydrogens is 238 g/mol. The van der Waals surface area contributed by atoms with Crippen LogP contribution in [0.4, 0.5) is 0 Å². The molecule has 102 valence electrons. The molecule has 19 heavy (non-hydrogen) atoms. The standard InChI is InChI=1S/C15H21N3O/c1-3-7-16-10-13-5-4-6-14(9-13)11-19-15-8-12(2)17-18-15/h4-6,8-9,16H,3,7,10-11H2,1-2H3,(H,17,18). The van der Waals surface area contributed by atoms with E-state index in [4.69, 9.17) is 4.74 Å². The Morgan fingerprint density at radius 3 is 2.84 bits per heavy atom. The lowest BCUT2D eigenvalue weighted by Crippen LogP contribution is -2.13. The van der Waals surface area contributed by atoms with Crippen molar-refractivity contribution in [2.75, 3.05) is 6.54 Å². The molecule has 0 bridgehead atoms. The van der Waals surface area contributed by atoms with Gasteiger partial charge in [0.05, 0.1) is 0 Å². The Labute approximate surface area is 114 Å². The van der Waals surface area contributed by atoms with Crippen LogP contribution in [0.3, 0.4) is 0 Å². The summed E-state index contributed by atoms with van der Waals surface area (Å²) in [4.78, 5) is 0. The summed E-state index contributed by atoms with van der Waals surface area (Å²) >= 11 is 0. The van der Waals surface area contributed by atoms with Crippen molar-refractivity contribution in [2.45, 2.75) is 33.4 Å². The number of ether oxygens (including phenoxy) is 1. The molecule has 0 radical (unpaired) electrons. The fourth-order valence-electron chi connectivity index (χ4n) is 1.86. The van der Waals surface area contributed by atoms with E-state index < -0.39 is 0 Å². The van der Waals surface area contributed by atoms with E-state index in [1.807, 2.05) is 13.0 Å². The highest BCUT2D eigenvalue weighted by Gasteiger charge is 2.00. The smallest absolute Gasteiger partial charge is 0.233 e. The molecule has 0 amide bonds. The van der Waals surface area contributed by atoms with Crippen LogP contribution in [0.2, 0.25) is 0 Å². The number of hydrogen-bond acceptors (Lipinski definition) is 3. The van der Waals surface area contributed by atoms with Gasteiger partial charge in [-0.3, -0.25) is 5.10 Å². The second-order valence-electron chi connectivity index (χ2n) is 4.67. The summed E-state index contributed by atoms with van der Waals surface area (Å²) in [5, 5.41) is 10.3. The van der Waals surface area contributed by atoms with Crippen molar-refractivity contribution >= 4 is 0 Å². The number of H-pyrrole nitrogens is 1. The van der Waals surface area contributed by atoms with Gasteiger partial charge < -0.3 is 10.1 Å². The Kier molecular flexibility index (Phi) is 4.98. The molecule has 0 atom stereocenters. The van der Waals surface area contributed by atoms with Gasteiger partial charge in [-0.1, -0.05) is 31.2 Å². The summed E-state index contributed by atoms with van der Waals surface area (Å²) in [5.74, 6) is 0.645. The van der Waals surface area contributed by atoms with Crippen molar-refractivity contribution in [3.63, 3.8) is 0 Å². The van der Waals surface area contributed by atoms with Crippen molar-refractivity contribution < 1.29 is 4.74 Å². The van der Waals surface area contributed by atoms with Crippen molar-refractivity contribution in [1.29, 1.82) is 0 Å². The predicted octanol–water partition coefficient (Wildman–Crippen LogP) is 2.80. The topological polar surface area (TPSA) is 49.9 Å². The van der Waals surface area contributed by atoms with Gasteiger partial charge >= 0.3 is 0 Å². The third kappa shape index (κ3) is 4.41. The van der Waals surface area contributed by atoms with Gasteiger partial charge in [0.1, 0.15) is 6.61 Å². The second-order valence-corrected chi connectivity index (χ2v) is 4.67. The number of rotatable bonds is 7. The van der Waals surface area contributed by atoms with E-state index in [0.29, 0.717) is 12.5 Å². The lowest BCUT2D eigenvalue weighted by molar-refractivity contribution is 0.293. The maximum absolute atomic E-state index is 5.63. The molecule has 4 heteroatoms. The van der Waals surface area contributed by atoms with Crippen LogP contribution in [-0.2, 0) is 13.2 Å². The lowest BCUT2D eigenvalue weighted by atomic mass is 10.1. The van der Waals surface area contributed by atoms with E-state index in [9.17, 15) is 0 Å². The van der Waals surface area contributed by atoms with Crippen LogP contribution < -0.4 is 10.1 Å². The number of nitrogens with one attached hydrogen (secondary N) is 2. The highest BCUT2D eigenvalue weighted by Crippen LogP contribution is 2.11. The first-order valence-electron chi connectivity index (χ1n) is 6.71. The van der Waals surface area contributed by atoms with Crippen LogP contribution in [0.5, 0.6) is 5.88 Å². The number of aromatic nitrogens is 2. The molecule has 0 unspecified atom stereocenters. The number of aromatic amines is 1. The molecule has 0 spiro atoms. The third-order valence-corrected chi connectivity index (χ3v) is 2.82. The van der Waals surface area contributed by atoms with Crippen LogP contribution in [0, 0.1) is 6.92 Å². The maximum atomic E-state index is 5.63. The third-order valence-electron chi connectivity index (χ3n) is 2.82. The first-order chi connectivity index (χ1) is 9.28. The van der Waals surface area contributed by atoms with Gasteiger partial charge in [-0.2, -0.15) is 0 Å². The van der Waals surface area contributed by atoms with Crippen molar-refractivity contribution in [3.05, 3.63) is 47.2 Å². The molecule has 4 nitrogen and oxygen atoms in total. The van der Waals surface area contributed by atoms with E-state index >= 15 is 0 Å². The Bertz CT molecular complexity index is 508. The summed E-state index contributed by atoms with van der Waals surface area (Å²) in [6, 6.07) is 10.3. The number of nitrogens with zero attached hydrogens (tertiary/aromatic N) is 1. The fraction of sp³-hybridized carbons (Fsp3) is 0.400. The number of benzene rings is 1. The lowest BCUT2D eigenvalue weighted by Gasteiger charge is -2.07. The van der Waals surface area contributed by atoms with Gasteiger partial charge in [0.15, 0.2) is 0 Å². The zero-order valence-corrected chi connectivity index (χ0v) is 11.6. The first-order valence-corrected chi connectivity index (χ1v) is 6.71. The Hall–Kier alpha value is -1.81. The Morgan fingerprint density at radius 1 is 1.26 bits per heavy atom. The molecule has 2 aromatic rings. The van der Waals surface area contributed by atoms with Crippen molar-refractivity contribution in [1.82, 2.24) is 15.5 Å². The Balaban J connectivity index is 1.87. The van der Waals surface area contributed by atoms with E-state index in [1.54, 1.807) is 0 Å². The predicted molar refractivity (Wildman–Crippen MR) is 76.1 cm³/mol. The maximum Gasteiger partial charge on any atom is 0.233 e. The summed E-state index contributed by atoms with van der Waals surface area (Å²) in [6.45, 7) is 6.63. The minimum atomic E-state index is 0.548. The van der Waals surface area contributed by atoms with Gasteiger partial charge in [0, 0.05) is 18.3 Å². The average Bonchev–Trinajstić information content (AvgIpc) is 2.83. The second kappa shape index (κ2) is 6.95. The van der Waals surface area contributed by atoms with Crippen LogP contribution in [0.25, 0.3) is 0 Å². The number of aryl methyl sites for hydroxylation is 1. The minimum absolute atomic E-state index is 0.548. The normalized spacial score (nSPS) is 10.6. The van der Waals surface area contributed by atoms with Gasteiger partial charge in [-0.15, -0.1) is 5.10 Å². The monoisotopic (exact) mass is 259 g/mol. The van der Waals surface area contributed by atoms with E-state index in [-0.39, 0.29) is 0 Å². The summed E-state index contributed by atoms with van der Waals surface area (Å²) in [6.07, 6.45) is 1.15. The van der Waals surface area contributed by atoms with E-state index in [0.717, 1.165) is 30.8 Å². The van der Waals surface area contributed by atoms with Crippen LogP contribution in [-0.4, -0.2) is 16.7 Å². The molecule has 0 aliphatic carbocycles.